The minimum atomic E-state index is 0.0565. The van der Waals surface area contributed by atoms with E-state index in [4.69, 9.17) is 16.3 Å². The lowest BCUT2D eigenvalue weighted by atomic mass is 10.3. The Hall–Kier alpha value is -0.210. The summed E-state index contributed by atoms with van der Waals surface area (Å²) in [5.74, 6) is 1.35. The molecule has 0 aliphatic carbocycles. The van der Waals surface area contributed by atoms with Crippen molar-refractivity contribution >= 4 is 27.5 Å². The van der Waals surface area contributed by atoms with Crippen molar-refractivity contribution in [1.29, 1.82) is 0 Å². The summed E-state index contributed by atoms with van der Waals surface area (Å²) in [6, 6.07) is 7.72. The second kappa shape index (κ2) is 4.73. The van der Waals surface area contributed by atoms with Gasteiger partial charge in [0.1, 0.15) is 11.9 Å². The lowest BCUT2D eigenvalue weighted by Crippen LogP contribution is -2.12. The van der Waals surface area contributed by atoms with Crippen molar-refractivity contribution in [1.82, 2.24) is 0 Å². The second-order valence-corrected chi connectivity index (χ2v) is 3.76. The van der Waals surface area contributed by atoms with Gasteiger partial charge < -0.3 is 4.74 Å². The molecule has 1 aromatic rings. The SMILES string of the molecule is CC(CCl)Oc1cccc(Br)c1. The first-order valence-corrected chi connectivity index (χ1v) is 5.03. The van der Waals surface area contributed by atoms with Crippen LogP contribution in [0.1, 0.15) is 6.92 Å². The van der Waals surface area contributed by atoms with Gasteiger partial charge in [-0.25, -0.2) is 0 Å². The van der Waals surface area contributed by atoms with Crippen molar-refractivity contribution in [3.05, 3.63) is 28.7 Å². The Morgan fingerprint density at radius 2 is 2.33 bits per heavy atom. The van der Waals surface area contributed by atoms with Crippen LogP contribution in [0.15, 0.2) is 28.7 Å². The summed E-state index contributed by atoms with van der Waals surface area (Å²) >= 11 is 8.97. The van der Waals surface area contributed by atoms with Gasteiger partial charge in [-0.15, -0.1) is 11.6 Å². The number of rotatable bonds is 3. The first-order chi connectivity index (χ1) is 5.72. The average Bonchev–Trinajstić information content (AvgIpc) is 2.04. The lowest BCUT2D eigenvalue weighted by Gasteiger charge is -2.11. The molecule has 0 N–H and O–H groups in total. The van der Waals surface area contributed by atoms with Crippen LogP contribution >= 0.6 is 27.5 Å². The molecular weight excluding hydrogens is 239 g/mol. The third kappa shape index (κ3) is 3.03. The Labute approximate surface area is 85.8 Å². The summed E-state index contributed by atoms with van der Waals surface area (Å²) in [6.07, 6.45) is 0.0565. The summed E-state index contributed by atoms with van der Waals surface area (Å²) in [6.45, 7) is 1.94. The predicted octanol–water partition coefficient (Wildman–Crippen LogP) is 3.46. The molecule has 0 radical (unpaired) electrons. The highest BCUT2D eigenvalue weighted by atomic mass is 79.9. The molecule has 0 bridgehead atoms. The number of hydrogen-bond donors (Lipinski definition) is 0. The highest BCUT2D eigenvalue weighted by Gasteiger charge is 2.01. The summed E-state index contributed by atoms with van der Waals surface area (Å²) in [4.78, 5) is 0. The third-order valence-electron chi connectivity index (χ3n) is 1.35. The lowest BCUT2D eigenvalue weighted by molar-refractivity contribution is 0.245. The fourth-order valence-corrected chi connectivity index (χ4v) is 1.25. The van der Waals surface area contributed by atoms with Crippen molar-refractivity contribution < 1.29 is 4.74 Å². The Kier molecular flexibility index (Phi) is 3.89. The minimum Gasteiger partial charge on any atom is -0.489 e. The Balaban J connectivity index is 2.63. The molecular formula is C9H10BrClO. The number of hydrogen-bond acceptors (Lipinski definition) is 1. The Morgan fingerprint density at radius 3 is 2.92 bits per heavy atom. The van der Waals surface area contributed by atoms with Gasteiger partial charge in [0.25, 0.3) is 0 Å². The van der Waals surface area contributed by atoms with Gasteiger partial charge in [-0.05, 0) is 25.1 Å². The second-order valence-electron chi connectivity index (χ2n) is 2.54. The quantitative estimate of drug-likeness (QED) is 0.746. The summed E-state index contributed by atoms with van der Waals surface area (Å²) < 4.78 is 6.50. The van der Waals surface area contributed by atoms with E-state index < -0.39 is 0 Å². The van der Waals surface area contributed by atoms with Crippen molar-refractivity contribution in [3.63, 3.8) is 0 Å². The molecule has 12 heavy (non-hydrogen) atoms. The fraction of sp³-hybridized carbons (Fsp3) is 0.333. The van der Waals surface area contributed by atoms with E-state index in [1.807, 2.05) is 31.2 Å². The van der Waals surface area contributed by atoms with Crippen LogP contribution in [0.3, 0.4) is 0 Å². The number of alkyl halides is 1. The topological polar surface area (TPSA) is 9.23 Å². The van der Waals surface area contributed by atoms with E-state index in [9.17, 15) is 0 Å². The van der Waals surface area contributed by atoms with Crippen LogP contribution in [0.4, 0.5) is 0 Å². The van der Waals surface area contributed by atoms with Gasteiger partial charge in [0, 0.05) is 4.47 Å². The van der Waals surface area contributed by atoms with E-state index in [0.29, 0.717) is 5.88 Å². The van der Waals surface area contributed by atoms with Gasteiger partial charge in [-0.3, -0.25) is 0 Å². The maximum atomic E-state index is 5.60. The van der Waals surface area contributed by atoms with Gasteiger partial charge in [-0.1, -0.05) is 22.0 Å². The molecule has 0 aliphatic heterocycles. The van der Waals surface area contributed by atoms with E-state index in [-0.39, 0.29) is 6.10 Å². The molecule has 0 fully saturated rings. The predicted molar refractivity (Wildman–Crippen MR) is 55.0 cm³/mol. The van der Waals surface area contributed by atoms with Gasteiger partial charge in [0.2, 0.25) is 0 Å². The van der Waals surface area contributed by atoms with E-state index >= 15 is 0 Å². The van der Waals surface area contributed by atoms with Gasteiger partial charge in [0.15, 0.2) is 0 Å². The zero-order valence-electron chi connectivity index (χ0n) is 6.76. The van der Waals surface area contributed by atoms with Crippen molar-refractivity contribution in [2.45, 2.75) is 13.0 Å². The monoisotopic (exact) mass is 248 g/mol. The van der Waals surface area contributed by atoms with Gasteiger partial charge >= 0.3 is 0 Å². The van der Waals surface area contributed by atoms with Crippen LogP contribution in [-0.4, -0.2) is 12.0 Å². The smallest absolute Gasteiger partial charge is 0.120 e. The normalized spacial score (nSPS) is 12.6. The molecule has 1 atom stereocenters. The van der Waals surface area contributed by atoms with E-state index in [1.54, 1.807) is 0 Å². The number of ether oxygens (including phenoxy) is 1. The Bertz CT molecular complexity index is 252. The zero-order valence-corrected chi connectivity index (χ0v) is 9.10. The van der Waals surface area contributed by atoms with Crippen LogP contribution in [0.2, 0.25) is 0 Å². The van der Waals surface area contributed by atoms with Crippen molar-refractivity contribution in [3.8, 4) is 5.75 Å². The molecule has 1 aromatic carbocycles. The van der Waals surface area contributed by atoms with Crippen LogP contribution in [0, 0.1) is 0 Å². The average molecular weight is 250 g/mol. The molecule has 0 spiro atoms. The molecule has 0 saturated carbocycles. The van der Waals surface area contributed by atoms with Crippen LogP contribution < -0.4 is 4.74 Å². The summed E-state index contributed by atoms with van der Waals surface area (Å²) in [5, 5.41) is 0. The summed E-state index contributed by atoms with van der Waals surface area (Å²) in [7, 11) is 0. The molecule has 0 amide bonds. The fourth-order valence-electron chi connectivity index (χ4n) is 0.804. The van der Waals surface area contributed by atoms with Crippen LogP contribution in [-0.2, 0) is 0 Å². The molecule has 0 saturated heterocycles. The van der Waals surface area contributed by atoms with E-state index in [0.717, 1.165) is 10.2 Å². The number of halogens is 2. The van der Waals surface area contributed by atoms with E-state index in [1.165, 1.54) is 0 Å². The Morgan fingerprint density at radius 1 is 1.58 bits per heavy atom. The highest BCUT2D eigenvalue weighted by molar-refractivity contribution is 9.10. The molecule has 0 aliphatic rings. The highest BCUT2D eigenvalue weighted by Crippen LogP contribution is 2.18. The first kappa shape index (κ1) is 9.87. The molecule has 1 rings (SSSR count). The first-order valence-electron chi connectivity index (χ1n) is 3.70. The molecule has 0 aromatic heterocycles. The van der Waals surface area contributed by atoms with E-state index in [2.05, 4.69) is 15.9 Å². The molecule has 3 heteroatoms. The molecule has 1 unspecified atom stereocenters. The van der Waals surface area contributed by atoms with Gasteiger partial charge in [-0.2, -0.15) is 0 Å². The van der Waals surface area contributed by atoms with Gasteiger partial charge in [0.05, 0.1) is 5.88 Å². The van der Waals surface area contributed by atoms with Crippen molar-refractivity contribution in [2.75, 3.05) is 5.88 Å². The standard InChI is InChI=1S/C9H10BrClO/c1-7(6-11)12-9-4-2-3-8(10)5-9/h2-5,7H,6H2,1H3. The largest absolute Gasteiger partial charge is 0.489 e. The maximum Gasteiger partial charge on any atom is 0.120 e. The van der Waals surface area contributed by atoms with Crippen LogP contribution in [0.25, 0.3) is 0 Å². The van der Waals surface area contributed by atoms with Crippen molar-refractivity contribution in [2.24, 2.45) is 0 Å². The number of benzene rings is 1. The summed E-state index contributed by atoms with van der Waals surface area (Å²) in [5.41, 5.74) is 0. The third-order valence-corrected chi connectivity index (χ3v) is 2.28. The van der Waals surface area contributed by atoms with Crippen LogP contribution in [0.5, 0.6) is 5.75 Å². The zero-order chi connectivity index (χ0) is 8.97. The molecule has 66 valence electrons. The minimum absolute atomic E-state index is 0.0565. The maximum absolute atomic E-state index is 5.60. The molecule has 1 nitrogen and oxygen atoms in total. The molecule has 0 heterocycles.